The molecule has 0 saturated heterocycles. The second-order valence-electron chi connectivity index (χ2n) is 4.06. The van der Waals surface area contributed by atoms with E-state index in [-0.39, 0.29) is 13.2 Å². The number of rotatable bonds is 4. The maximum atomic E-state index is 10.8. The Balaban J connectivity index is 2.40. The van der Waals surface area contributed by atoms with Gasteiger partial charge in [0.25, 0.3) is 0 Å². The van der Waals surface area contributed by atoms with Crippen molar-refractivity contribution in [2.75, 3.05) is 6.79 Å². The van der Waals surface area contributed by atoms with E-state index in [1.807, 2.05) is 13.0 Å². The first kappa shape index (κ1) is 13.2. The van der Waals surface area contributed by atoms with Crippen LogP contribution in [0.5, 0.6) is 11.5 Å². The topological polar surface area (TPSA) is 81.8 Å². The molecule has 0 aliphatic carbocycles. The Bertz CT molecular complexity index is 489. The first-order chi connectivity index (χ1) is 8.54. The molecule has 1 unspecified atom stereocenters. The molecule has 1 aliphatic rings. The molecule has 0 spiro atoms. The lowest BCUT2D eigenvalue weighted by atomic mass is 9.98. The second-order valence-corrected chi connectivity index (χ2v) is 4.86. The van der Waals surface area contributed by atoms with E-state index in [0.29, 0.717) is 11.5 Å². The molecule has 2 rings (SSSR count). The minimum Gasteiger partial charge on any atom is -0.480 e. The number of carboxylic acids is 1. The highest BCUT2D eigenvalue weighted by atomic mass is 79.9. The number of hydrogen-bond acceptors (Lipinski definition) is 4. The van der Waals surface area contributed by atoms with Crippen LogP contribution in [0, 0.1) is 0 Å². The third-order valence-corrected chi connectivity index (χ3v) is 3.75. The van der Waals surface area contributed by atoms with Gasteiger partial charge in [-0.15, -0.1) is 0 Å². The Kier molecular flexibility index (Phi) is 3.77. The SMILES string of the molecule is CCc1c(CC(N)C(=O)O)cc2c(c1Br)OCO2. The van der Waals surface area contributed by atoms with Crippen LogP contribution in [0.1, 0.15) is 18.1 Å². The first-order valence-electron chi connectivity index (χ1n) is 5.62. The van der Waals surface area contributed by atoms with Crippen LogP contribution in [-0.4, -0.2) is 23.9 Å². The molecule has 1 atom stereocenters. The summed E-state index contributed by atoms with van der Waals surface area (Å²) >= 11 is 3.48. The predicted molar refractivity (Wildman–Crippen MR) is 69.0 cm³/mol. The van der Waals surface area contributed by atoms with Gasteiger partial charge >= 0.3 is 5.97 Å². The van der Waals surface area contributed by atoms with Crippen LogP contribution < -0.4 is 15.2 Å². The summed E-state index contributed by atoms with van der Waals surface area (Å²) < 4.78 is 11.5. The van der Waals surface area contributed by atoms with Crippen molar-refractivity contribution in [3.05, 3.63) is 21.7 Å². The third-order valence-electron chi connectivity index (χ3n) is 2.91. The Morgan fingerprint density at radius 2 is 2.33 bits per heavy atom. The highest BCUT2D eigenvalue weighted by Crippen LogP contribution is 2.43. The second kappa shape index (κ2) is 5.16. The van der Waals surface area contributed by atoms with Crippen LogP contribution in [0.4, 0.5) is 0 Å². The minimum atomic E-state index is -1.01. The van der Waals surface area contributed by atoms with E-state index in [9.17, 15) is 4.79 Å². The van der Waals surface area contributed by atoms with Crippen molar-refractivity contribution in [2.24, 2.45) is 5.73 Å². The zero-order valence-corrected chi connectivity index (χ0v) is 11.5. The average Bonchev–Trinajstić information content (AvgIpc) is 2.77. The van der Waals surface area contributed by atoms with Crippen molar-refractivity contribution in [1.82, 2.24) is 0 Å². The predicted octanol–water partition coefficient (Wildman–Crippen LogP) is 1.69. The summed E-state index contributed by atoms with van der Waals surface area (Å²) in [5, 5.41) is 8.88. The van der Waals surface area contributed by atoms with Crippen molar-refractivity contribution in [1.29, 1.82) is 0 Å². The monoisotopic (exact) mass is 315 g/mol. The Labute approximate surface area is 113 Å². The van der Waals surface area contributed by atoms with E-state index in [4.69, 9.17) is 20.3 Å². The van der Waals surface area contributed by atoms with Crippen molar-refractivity contribution in [3.63, 3.8) is 0 Å². The van der Waals surface area contributed by atoms with E-state index in [2.05, 4.69) is 15.9 Å². The quantitative estimate of drug-likeness (QED) is 0.883. The van der Waals surface area contributed by atoms with E-state index < -0.39 is 12.0 Å². The smallest absolute Gasteiger partial charge is 0.320 e. The summed E-state index contributed by atoms with van der Waals surface area (Å²) in [6.07, 6.45) is 1.03. The highest BCUT2D eigenvalue weighted by molar-refractivity contribution is 9.10. The maximum Gasteiger partial charge on any atom is 0.320 e. The minimum absolute atomic E-state index is 0.186. The molecule has 0 bridgehead atoms. The van der Waals surface area contributed by atoms with Crippen LogP contribution >= 0.6 is 15.9 Å². The number of carbonyl (C=O) groups is 1. The first-order valence-corrected chi connectivity index (χ1v) is 6.42. The molecule has 0 saturated carbocycles. The largest absolute Gasteiger partial charge is 0.480 e. The number of aliphatic carboxylic acids is 1. The lowest BCUT2D eigenvalue weighted by Gasteiger charge is -2.14. The molecule has 0 radical (unpaired) electrons. The molecular weight excluding hydrogens is 302 g/mol. The molecule has 1 aliphatic heterocycles. The third kappa shape index (κ3) is 2.30. The van der Waals surface area contributed by atoms with Gasteiger partial charge in [-0.2, -0.15) is 0 Å². The summed E-state index contributed by atoms with van der Waals surface area (Å²) in [5.41, 5.74) is 7.47. The van der Waals surface area contributed by atoms with Crippen molar-refractivity contribution in [2.45, 2.75) is 25.8 Å². The van der Waals surface area contributed by atoms with Crippen LogP contribution in [0.15, 0.2) is 10.5 Å². The van der Waals surface area contributed by atoms with E-state index in [0.717, 1.165) is 22.0 Å². The summed E-state index contributed by atoms with van der Waals surface area (Å²) in [7, 11) is 0. The molecule has 3 N–H and O–H groups in total. The average molecular weight is 316 g/mol. The zero-order chi connectivity index (χ0) is 13.3. The van der Waals surface area contributed by atoms with Gasteiger partial charge in [-0.05, 0) is 46.0 Å². The standard InChI is InChI=1S/C12H14BrNO4/c1-2-7-6(3-8(14)12(15)16)4-9-11(10(7)13)18-5-17-9/h4,8H,2-3,5,14H2,1H3,(H,15,16). The maximum absolute atomic E-state index is 10.8. The fraction of sp³-hybridized carbons (Fsp3) is 0.417. The van der Waals surface area contributed by atoms with Gasteiger partial charge in [-0.1, -0.05) is 6.92 Å². The normalized spacial score (nSPS) is 14.6. The lowest BCUT2D eigenvalue weighted by molar-refractivity contribution is -0.138. The summed E-state index contributed by atoms with van der Waals surface area (Å²) in [6.45, 7) is 2.18. The van der Waals surface area contributed by atoms with Crippen molar-refractivity contribution >= 4 is 21.9 Å². The van der Waals surface area contributed by atoms with Gasteiger partial charge in [0, 0.05) is 0 Å². The van der Waals surface area contributed by atoms with Crippen molar-refractivity contribution < 1.29 is 19.4 Å². The Hall–Kier alpha value is -1.27. The summed E-state index contributed by atoms with van der Waals surface area (Å²) in [6, 6.07) is 0.900. The van der Waals surface area contributed by atoms with Gasteiger partial charge < -0.3 is 20.3 Å². The molecule has 0 aromatic heterocycles. The van der Waals surface area contributed by atoms with E-state index >= 15 is 0 Å². The Morgan fingerprint density at radius 3 is 2.94 bits per heavy atom. The van der Waals surface area contributed by atoms with Gasteiger partial charge in [0.15, 0.2) is 11.5 Å². The Morgan fingerprint density at radius 1 is 1.61 bits per heavy atom. The fourth-order valence-corrected chi connectivity index (χ4v) is 2.82. The van der Waals surface area contributed by atoms with Gasteiger partial charge in [0.2, 0.25) is 6.79 Å². The number of halogens is 1. The van der Waals surface area contributed by atoms with Crippen LogP contribution in [0.2, 0.25) is 0 Å². The molecule has 1 aromatic carbocycles. The summed E-state index contributed by atoms with van der Waals surface area (Å²) in [5.74, 6) is 0.303. The van der Waals surface area contributed by atoms with Crippen molar-refractivity contribution in [3.8, 4) is 11.5 Å². The lowest BCUT2D eigenvalue weighted by Crippen LogP contribution is -2.32. The molecule has 0 fully saturated rings. The van der Waals surface area contributed by atoms with E-state index in [1.165, 1.54) is 0 Å². The number of carboxylic acid groups (broad SMARTS) is 1. The molecule has 1 aromatic rings. The number of benzene rings is 1. The van der Waals surface area contributed by atoms with Gasteiger partial charge in [-0.3, -0.25) is 4.79 Å². The fourth-order valence-electron chi connectivity index (χ4n) is 1.98. The van der Waals surface area contributed by atoms with Gasteiger partial charge in [-0.25, -0.2) is 0 Å². The van der Waals surface area contributed by atoms with Gasteiger partial charge in [0.1, 0.15) is 6.04 Å². The zero-order valence-electron chi connectivity index (χ0n) is 9.90. The van der Waals surface area contributed by atoms with Gasteiger partial charge in [0.05, 0.1) is 4.47 Å². The molecule has 1 heterocycles. The molecular formula is C12H14BrNO4. The van der Waals surface area contributed by atoms with Crippen LogP contribution in [-0.2, 0) is 17.6 Å². The molecule has 0 amide bonds. The number of ether oxygens (including phenoxy) is 2. The number of nitrogens with two attached hydrogens (primary N) is 1. The molecule has 98 valence electrons. The van der Waals surface area contributed by atoms with Crippen LogP contribution in [0.3, 0.4) is 0 Å². The molecule has 6 heteroatoms. The molecule has 18 heavy (non-hydrogen) atoms. The number of fused-ring (bicyclic) bond motifs is 1. The van der Waals surface area contributed by atoms with Crippen LogP contribution in [0.25, 0.3) is 0 Å². The highest BCUT2D eigenvalue weighted by Gasteiger charge is 2.24. The summed E-state index contributed by atoms with van der Waals surface area (Å²) in [4.78, 5) is 10.8. The number of hydrogen-bond donors (Lipinski definition) is 2. The van der Waals surface area contributed by atoms with E-state index in [1.54, 1.807) is 0 Å². The molecule has 5 nitrogen and oxygen atoms in total.